The molecular weight excluding hydrogens is 797 g/mol. The van der Waals surface area contributed by atoms with Gasteiger partial charge in [-0.1, -0.05) is 71.9 Å². The first kappa shape index (κ1) is 46.7. The summed E-state index contributed by atoms with van der Waals surface area (Å²) in [7, 11) is 4.77. The van der Waals surface area contributed by atoms with Crippen LogP contribution in [-0.2, 0) is 31.9 Å². The normalized spacial score (nSPS) is 18.2. The molecule has 2 fully saturated rings. The van der Waals surface area contributed by atoms with E-state index in [0.717, 1.165) is 77.8 Å². The van der Waals surface area contributed by atoms with Crippen LogP contribution < -0.4 is 10.6 Å². The van der Waals surface area contributed by atoms with E-state index < -0.39 is 24.3 Å². The van der Waals surface area contributed by atoms with Crippen molar-refractivity contribution in [3.63, 3.8) is 0 Å². The fraction of sp³-hybridized carbons (Fsp3) is 0.510. The number of amides is 3. The van der Waals surface area contributed by atoms with Crippen LogP contribution in [0.3, 0.4) is 0 Å². The van der Waals surface area contributed by atoms with E-state index in [0.29, 0.717) is 18.9 Å². The third-order valence-corrected chi connectivity index (χ3v) is 12.6. The number of rotatable bonds is 10. The first-order chi connectivity index (χ1) is 30.4. The highest BCUT2D eigenvalue weighted by Gasteiger charge is 2.38. The van der Waals surface area contributed by atoms with Crippen LogP contribution in [0.5, 0.6) is 0 Å². The van der Waals surface area contributed by atoms with E-state index in [4.69, 9.17) is 14.7 Å². The van der Waals surface area contributed by atoms with Crippen molar-refractivity contribution in [1.82, 2.24) is 40.4 Å². The van der Waals surface area contributed by atoms with Crippen LogP contribution in [0.1, 0.15) is 115 Å². The van der Waals surface area contributed by atoms with Crippen molar-refractivity contribution < 1.29 is 28.7 Å². The van der Waals surface area contributed by atoms with Gasteiger partial charge in [0.05, 0.1) is 55.3 Å². The summed E-state index contributed by atoms with van der Waals surface area (Å²) in [5.41, 5.74) is 9.72. The molecule has 2 saturated heterocycles. The molecular formula is C49H66N8O6. The molecule has 0 spiro atoms. The Morgan fingerprint density at radius 3 is 2.11 bits per heavy atom. The highest BCUT2D eigenvalue weighted by atomic mass is 16.5. The highest BCUT2D eigenvalue weighted by molar-refractivity contribution is 6.05. The molecule has 3 aliphatic rings. The van der Waals surface area contributed by atoms with Crippen molar-refractivity contribution >= 4 is 46.2 Å². The Hall–Kier alpha value is -5.76. The zero-order chi connectivity index (χ0) is 45.4. The van der Waals surface area contributed by atoms with Gasteiger partial charge in [-0.05, 0) is 117 Å². The minimum atomic E-state index is -0.664. The average Bonchev–Trinajstić information content (AvgIpc) is 4.14. The van der Waals surface area contributed by atoms with Gasteiger partial charge in [0.25, 0.3) is 0 Å². The highest BCUT2D eigenvalue weighted by Crippen LogP contribution is 2.40. The number of imidazole rings is 2. The predicted molar refractivity (Wildman–Crippen MR) is 247 cm³/mol. The molecule has 5 aromatic rings. The molecule has 2 aliphatic heterocycles. The zero-order valence-corrected chi connectivity index (χ0v) is 38.5. The number of carbonyl (C=O) groups is 4. The number of aromatic amines is 2. The predicted octanol–water partition coefficient (Wildman–Crippen LogP) is 9.05. The quantitative estimate of drug-likeness (QED) is 0.0999. The largest absolute Gasteiger partial charge is 0.453 e. The lowest BCUT2D eigenvalue weighted by Gasteiger charge is -2.29. The van der Waals surface area contributed by atoms with Crippen molar-refractivity contribution in [2.24, 2.45) is 11.8 Å². The molecule has 14 nitrogen and oxygen atoms in total. The summed E-state index contributed by atoms with van der Waals surface area (Å²) in [6.07, 6.45) is 10.2. The third-order valence-electron chi connectivity index (χ3n) is 12.6. The maximum Gasteiger partial charge on any atom is 0.407 e. The Bertz CT molecular complexity index is 2390. The average molecular weight is 863 g/mol. The number of methoxy groups -OCH3 is 2. The molecule has 63 heavy (non-hydrogen) atoms. The minimum absolute atomic E-state index is 0.0827. The molecule has 0 radical (unpaired) electrons. The van der Waals surface area contributed by atoms with Crippen molar-refractivity contribution in [3.05, 3.63) is 71.4 Å². The Morgan fingerprint density at radius 1 is 0.794 bits per heavy atom. The molecule has 8 rings (SSSR count). The Labute approximate surface area is 371 Å². The molecule has 338 valence electrons. The van der Waals surface area contributed by atoms with Gasteiger partial charge in [0, 0.05) is 17.5 Å². The second-order valence-electron chi connectivity index (χ2n) is 17.3. The van der Waals surface area contributed by atoms with Crippen molar-refractivity contribution in [2.45, 2.75) is 117 Å². The lowest BCUT2D eigenvalue weighted by atomic mass is 9.82. The fourth-order valence-electron chi connectivity index (χ4n) is 9.18. The number of H-pyrrole nitrogens is 2. The summed E-state index contributed by atoms with van der Waals surface area (Å²) >= 11 is 0. The van der Waals surface area contributed by atoms with Gasteiger partial charge < -0.3 is 39.8 Å². The Kier molecular flexibility index (Phi) is 15.6. The molecule has 0 saturated carbocycles. The van der Waals surface area contributed by atoms with Crippen molar-refractivity contribution in [2.75, 3.05) is 34.4 Å². The summed E-state index contributed by atoms with van der Waals surface area (Å²) in [6, 6.07) is 14.7. The van der Waals surface area contributed by atoms with Crippen molar-refractivity contribution in [1.29, 1.82) is 0 Å². The van der Waals surface area contributed by atoms with Gasteiger partial charge in [0.15, 0.2) is 0 Å². The van der Waals surface area contributed by atoms with Crippen LogP contribution in [-0.4, -0.2) is 101 Å². The molecule has 14 heteroatoms. The summed E-state index contributed by atoms with van der Waals surface area (Å²) in [6.45, 7) is 13.3. The molecule has 0 bridgehead atoms. The van der Waals surface area contributed by atoms with E-state index in [1.54, 1.807) is 0 Å². The number of alkyl carbamates (subject to hydrolysis) is 2. The Balaban J connectivity index is 0.000000446. The van der Waals surface area contributed by atoms with Crippen LogP contribution in [0.15, 0.2) is 48.7 Å². The first-order valence-electron chi connectivity index (χ1n) is 22.7. The number of fused-ring (bicyclic) bond motifs is 4. The van der Waals surface area contributed by atoms with E-state index in [9.17, 15) is 19.2 Å². The molecule has 4 unspecified atom stereocenters. The second-order valence-corrected chi connectivity index (χ2v) is 17.3. The summed E-state index contributed by atoms with van der Waals surface area (Å²) in [5, 5.41) is 7.35. The molecule has 4 atom stereocenters. The molecule has 4 heterocycles. The number of aldehydes is 1. The first-order valence-corrected chi connectivity index (χ1v) is 22.7. The molecule has 4 N–H and O–H groups in total. The maximum absolute atomic E-state index is 13.7. The number of carbonyl (C=O) groups excluding carboxylic acids is 4. The number of likely N-dealkylation sites (tertiary alicyclic amines) is 2. The number of nitrogens with zero attached hydrogens (tertiary/aromatic N) is 4. The van der Waals surface area contributed by atoms with Gasteiger partial charge in [0.2, 0.25) is 5.91 Å². The zero-order valence-electron chi connectivity index (χ0n) is 38.5. The summed E-state index contributed by atoms with van der Waals surface area (Å²) < 4.78 is 9.12. The molecule has 3 amide bonds. The van der Waals surface area contributed by atoms with Gasteiger partial charge in [-0.25, -0.2) is 19.6 Å². The van der Waals surface area contributed by atoms with E-state index in [1.165, 1.54) is 61.3 Å². The lowest BCUT2D eigenvalue weighted by molar-refractivity contribution is -0.135. The lowest BCUT2D eigenvalue weighted by Crippen LogP contribution is -2.51. The second kappa shape index (κ2) is 21.1. The fourth-order valence-corrected chi connectivity index (χ4v) is 9.18. The van der Waals surface area contributed by atoms with Crippen LogP contribution in [0.2, 0.25) is 0 Å². The SMILES string of the molecule is CC.COC(=O)NC(C(=O)N1CCCC1c1nc2c(ccc3cc(-c4ccc(-c5cnc(C6CCCN6C)[nH]5)c5c4CCCC5)ccc32)[nH]1)C(C)C.COC(=O)NC(C=O)C(C)C. The molecule has 1 aliphatic carbocycles. The Morgan fingerprint density at radius 2 is 1.46 bits per heavy atom. The number of ether oxygens (including phenoxy) is 2. The standard InChI is InChI=1S/C40H47N7O3.C7H13NO3.C2H6/c1-23(2)35(45-40(49)50-4)39(48)47-20-8-12-34(47)38-42-31-18-14-25-21-24(13-15-27(25)36(31)44-38)26-16-17-30(29-10-6-5-9-28(26)29)32-22-41-37(43-32)33-11-7-19-46(33)3;1-5(2)6(4-9)8-7(10)11-3;1-2/h13-18,21-23,33-35H,5-12,19-20H2,1-4H3,(H,41,43)(H,42,44)(H,45,49);4-6H,1-3H3,(H,8,10);1-2H3. The van der Waals surface area contributed by atoms with Crippen molar-refractivity contribution in [3.8, 4) is 22.4 Å². The van der Waals surface area contributed by atoms with Gasteiger partial charge in [-0.2, -0.15) is 0 Å². The molecule has 3 aromatic carbocycles. The number of hydrogen-bond donors (Lipinski definition) is 4. The monoisotopic (exact) mass is 863 g/mol. The minimum Gasteiger partial charge on any atom is -0.453 e. The number of benzene rings is 3. The smallest absolute Gasteiger partial charge is 0.407 e. The van der Waals surface area contributed by atoms with Gasteiger partial charge >= 0.3 is 12.2 Å². The van der Waals surface area contributed by atoms with E-state index in [1.807, 2.05) is 52.6 Å². The maximum atomic E-state index is 13.7. The summed E-state index contributed by atoms with van der Waals surface area (Å²) in [4.78, 5) is 68.1. The molecule has 2 aromatic heterocycles. The van der Waals surface area contributed by atoms with E-state index >= 15 is 0 Å². The summed E-state index contributed by atoms with van der Waals surface area (Å²) in [5.74, 6) is 1.77. The number of nitrogens with one attached hydrogen (secondary N) is 4. The van der Waals surface area contributed by atoms with E-state index in [2.05, 4.69) is 79.8 Å². The third kappa shape index (κ3) is 10.2. The number of hydrogen-bond acceptors (Lipinski definition) is 9. The number of aromatic nitrogens is 4. The van der Waals surface area contributed by atoms with E-state index in [-0.39, 0.29) is 23.8 Å². The van der Waals surface area contributed by atoms with Crippen LogP contribution >= 0.6 is 0 Å². The van der Waals surface area contributed by atoms with Crippen LogP contribution in [0, 0.1) is 11.8 Å². The van der Waals surface area contributed by atoms with Gasteiger partial charge in [-0.15, -0.1) is 0 Å². The topological polar surface area (TPSA) is 175 Å². The van der Waals surface area contributed by atoms with Gasteiger partial charge in [-0.3, -0.25) is 9.69 Å². The van der Waals surface area contributed by atoms with Crippen LogP contribution in [0.4, 0.5) is 9.59 Å². The van der Waals surface area contributed by atoms with Gasteiger partial charge in [0.1, 0.15) is 24.0 Å². The van der Waals surface area contributed by atoms with Crippen LogP contribution in [0.25, 0.3) is 44.2 Å².